The van der Waals surface area contributed by atoms with Gasteiger partial charge in [-0.05, 0) is 18.2 Å². The molecule has 1 atom stereocenters. The van der Waals surface area contributed by atoms with Crippen molar-refractivity contribution in [1.29, 1.82) is 0 Å². The number of amides is 1. The third-order valence-electron chi connectivity index (χ3n) is 3.65. The van der Waals surface area contributed by atoms with Gasteiger partial charge in [-0.3, -0.25) is 9.59 Å². The summed E-state index contributed by atoms with van der Waals surface area (Å²) in [5, 5.41) is 9.01. The zero-order valence-corrected chi connectivity index (χ0v) is 13.7. The number of hydrogen-bond acceptors (Lipinski definition) is 5. The van der Waals surface area contributed by atoms with Gasteiger partial charge in [0.15, 0.2) is 5.76 Å². The molecule has 7 heteroatoms. The van der Waals surface area contributed by atoms with Crippen molar-refractivity contribution < 1.29 is 23.8 Å². The minimum Gasteiger partial charge on any atom is -0.481 e. The van der Waals surface area contributed by atoms with Gasteiger partial charge < -0.3 is 19.2 Å². The fourth-order valence-corrected chi connectivity index (χ4v) is 3.59. The molecule has 2 aromatic rings. The van der Waals surface area contributed by atoms with Crippen LogP contribution in [0.5, 0.6) is 11.7 Å². The van der Waals surface area contributed by atoms with E-state index in [-0.39, 0.29) is 30.1 Å². The quantitative estimate of drug-likeness (QED) is 0.895. The molecular weight excluding hydrogens is 330 g/mol. The van der Waals surface area contributed by atoms with Crippen LogP contribution in [0.2, 0.25) is 0 Å². The number of carboxylic acids is 1. The summed E-state index contributed by atoms with van der Waals surface area (Å²) in [4.78, 5) is 25.2. The molecule has 6 nitrogen and oxygen atoms in total. The Morgan fingerprint density at radius 2 is 2.04 bits per heavy atom. The van der Waals surface area contributed by atoms with Crippen LogP contribution >= 0.6 is 11.8 Å². The van der Waals surface area contributed by atoms with Crippen LogP contribution in [0.3, 0.4) is 0 Å². The molecule has 0 saturated carbocycles. The minimum absolute atomic E-state index is 0.0627. The van der Waals surface area contributed by atoms with Crippen LogP contribution in [-0.2, 0) is 4.79 Å². The molecule has 2 heterocycles. The molecule has 1 aromatic carbocycles. The summed E-state index contributed by atoms with van der Waals surface area (Å²) in [6.45, 7) is 0.511. The molecule has 1 aliphatic rings. The van der Waals surface area contributed by atoms with E-state index in [1.54, 1.807) is 40.9 Å². The molecule has 1 aromatic heterocycles. The summed E-state index contributed by atoms with van der Waals surface area (Å²) in [6.07, 6.45) is -0.0627. The van der Waals surface area contributed by atoms with Crippen LogP contribution in [0.1, 0.15) is 17.0 Å². The first-order chi connectivity index (χ1) is 11.6. The molecule has 0 aliphatic carbocycles. The molecular formula is C17H17NO5S. The molecule has 0 bridgehead atoms. The van der Waals surface area contributed by atoms with Crippen molar-refractivity contribution in [2.45, 2.75) is 12.5 Å². The van der Waals surface area contributed by atoms with Crippen molar-refractivity contribution in [1.82, 2.24) is 4.90 Å². The van der Waals surface area contributed by atoms with Gasteiger partial charge in [0.1, 0.15) is 5.75 Å². The van der Waals surface area contributed by atoms with Gasteiger partial charge in [0.05, 0.1) is 12.5 Å². The number of benzene rings is 1. The fourth-order valence-electron chi connectivity index (χ4n) is 2.53. The van der Waals surface area contributed by atoms with E-state index >= 15 is 0 Å². The Hall–Kier alpha value is -2.41. The molecule has 1 amide bonds. The first-order valence-electron chi connectivity index (χ1n) is 7.57. The van der Waals surface area contributed by atoms with Crippen molar-refractivity contribution in [3.05, 3.63) is 48.2 Å². The minimum atomic E-state index is -0.909. The lowest BCUT2D eigenvalue weighted by molar-refractivity contribution is -0.138. The second-order valence-electron chi connectivity index (χ2n) is 5.36. The summed E-state index contributed by atoms with van der Waals surface area (Å²) in [5.41, 5.74) is 0. The average Bonchev–Trinajstić information content (AvgIpc) is 3.03. The van der Waals surface area contributed by atoms with E-state index in [2.05, 4.69) is 0 Å². The Labute approximate surface area is 143 Å². The van der Waals surface area contributed by atoms with E-state index in [9.17, 15) is 9.59 Å². The Balaban J connectivity index is 1.71. The second kappa shape index (κ2) is 7.44. The number of thioether (sulfide) groups is 1. The van der Waals surface area contributed by atoms with Crippen LogP contribution in [0.4, 0.5) is 0 Å². The third-order valence-corrected chi connectivity index (χ3v) is 4.74. The van der Waals surface area contributed by atoms with Gasteiger partial charge in [-0.25, -0.2) is 0 Å². The van der Waals surface area contributed by atoms with E-state index in [0.717, 1.165) is 5.75 Å². The SMILES string of the molecule is O=C(O)CC1CSCCN1C(=O)c1ccc(Oc2ccccc2)o1. The highest BCUT2D eigenvalue weighted by molar-refractivity contribution is 7.99. The van der Waals surface area contributed by atoms with Gasteiger partial charge >= 0.3 is 5.97 Å². The first-order valence-corrected chi connectivity index (χ1v) is 8.72. The largest absolute Gasteiger partial charge is 0.481 e. The number of para-hydroxylation sites is 1. The Morgan fingerprint density at radius 3 is 2.79 bits per heavy atom. The number of aliphatic carboxylic acids is 1. The fraction of sp³-hybridized carbons (Fsp3) is 0.294. The lowest BCUT2D eigenvalue weighted by Crippen LogP contribution is -2.47. The van der Waals surface area contributed by atoms with Gasteiger partial charge in [0.2, 0.25) is 0 Å². The summed E-state index contributed by atoms with van der Waals surface area (Å²) in [6, 6.07) is 12.0. The highest BCUT2D eigenvalue weighted by Gasteiger charge is 2.31. The molecule has 0 spiro atoms. The maximum absolute atomic E-state index is 12.6. The van der Waals surface area contributed by atoms with Crippen LogP contribution in [0.25, 0.3) is 0 Å². The number of ether oxygens (including phenoxy) is 1. The van der Waals surface area contributed by atoms with Crippen LogP contribution in [-0.4, -0.2) is 46.0 Å². The predicted molar refractivity (Wildman–Crippen MR) is 89.6 cm³/mol. The zero-order valence-electron chi connectivity index (χ0n) is 12.9. The molecule has 126 valence electrons. The third kappa shape index (κ3) is 3.91. The summed E-state index contributed by atoms with van der Waals surface area (Å²) >= 11 is 1.66. The summed E-state index contributed by atoms with van der Waals surface area (Å²) in [5.74, 6) is 1.19. The lowest BCUT2D eigenvalue weighted by atomic mass is 10.2. The van der Waals surface area contributed by atoms with Crippen LogP contribution in [0.15, 0.2) is 46.9 Å². The second-order valence-corrected chi connectivity index (χ2v) is 6.51. The Morgan fingerprint density at radius 1 is 1.25 bits per heavy atom. The highest BCUT2D eigenvalue weighted by Crippen LogP contribution is 2.26. The van der Waals surface area contributed by atoms with E-state index in [1.807, 2.05) is 18.2 Å². The molecule has 3 rings (SSSR count). The van der Waals surface area contributed by atoms with E-state index in [1.165, 1.54) is 0 Å². The standard InChI is InChI=1S/C17H17NO5S/c19-15(20)10-12-11-24-9-8-18(12)17(21)14-6-7-16(23-14)22-13-4-2-1-3-5-13/h1-7,12H,8-11H2,(H,19,20). The smallest absolute Gasteiger partial charge is 0.305 e. The van der Waals surface area contributed by atoms with Gasteiger partial charge in [-0.15, -0.1) is 0 Å². The molecule has 0 radical (unpaired) electrons. The van der Waals surface area contributed by atoms with E-state index < -0.39 is 5.97 Å². The van der Waals surface area contributed by atoms with Crippen molar-refractivity contribution in [2.75, 3.05) is 18.1 Å². The number of rotatable bonds is 5. The zero-order chi connectivity index (χ0) is 16.9. The summed E-state index contributed by atoms with van der Waals surface area (Å²) < 4.78 is 11.0. The van der Waals surface area contributed by atoms with Gasteiger partial charge in [-0.2, -0.15) is 11.8 Å². The monoisotopic (exact) mass is 347 g/mol. The van der Waals surface area contributed by atoms with Crippen molar-refractivity contribution in [3.8, 4) is 11.7 Å². The highest BCUT2D eigenvalue weighted by atomic mass is 32.2. The van der Waals surface area contributed by atoms with E-state index in [0.29, 0.717) is 18.0 Å². The molecule has 24 heavy (non-hydrogen) atoms. The number of hydrogen-bond donors (Lipinski definition) is 1. The van der Waals surface area contributed by atoms with Crippen molar-refractivity contribution >= 4 is 23.6 Å². The Kier molecular flexibility index (Phi) is 5.10. The topological polar surface area (TPSA) is 80.0 Å². The normalized spacial score (nSPS) is 17.5. The van der Waals surface area contributed by atoms with Crippen LogP contribution < -0.4 is 4.74 Å². The van der Waals surface area contributed by atoms with Gasteiger partial charge in [0.25, 0.3) is 11.9 Å². The number of carbonyl (C=O) groups is 2. The van der Waals surface area contributed by atoms with Gasteiger partial charge in [0, 0.05) is 24.1 Å². The first kappa shape index (κ1) is 16.4. The molecule has 1 aliphatic heterocycles. The maximum Gasteiger partial charge on any atom is 0.305 e. The number of nitrogens with zero attached hydrogens (tertiary/aromatic N) is 1. The number of carbonyl (C=O) groups excluding carboxylic acids is 1. The molecule has 1 unspecified atom stereocenters. The van der Waals surface area contributed by atoms with Gasteiger partial charge in [-0.1, -0.05) is 18.2 Å². The van der Waals surface area contributed by atoms with E-state index in [4.69, 9.17) is 14.3 Å². The van der Waals surface area contributed by atoms with Crippen LogP contribution in [0, 0.1) is 0 Å². The average molecular weight is 347 g/mol. The maximum atomic E-state index is 12.6. The van der Waals surface area contributed by atoms with Crippen molar-refractivity contribution in [3.63, 3.8) is 0 Å². The molecule has 1 fully saturated rings. The molecule has 1 N–H and O–H groups in total. The Bertz CT molecular complexity index is 715. The lowest BCUT2D eigenvalue weighted by Gasteiger charge is -2.33. The predicted octanol–water partition coefficient (Wildman–Crippen LogP) is 3.10. The molecule has 1 saturated heterocycles. The van der Waals surface area contributed by atoms with Crippen molar-refractivity contribution in [2.24, 2.45) is 0 Å². The summed E-state index contributed by atoms with van der Waals surface area (Å²) in [7, 11) is 0. The number of carboxylic acid groups (broad SMARTS) is 1. The number of furan rings is 1.